The number of rotatable bonds is 0. The first-order valence-corrected chi connectivity index (χ1v) is 4.72. The quantitative estimate of drug-likeness (QED) is 0.689. The third kappa shape index (κ3) is 1.60. The van der Waals surface area contributed by atoms with E-state index in [0.717, 1.165) is 12.0 Å². The summed E-state index contributed by atoms with van der Waals surface area (Å²) in [5.41, 5.74) is 6.56. The van der Waals surface area contributed by atoms with Gasteiger partial charge in [0.2, 0.25) is 0 Å². The van der Waals surface area contributed by atoms with Gasteiger partial charge >= 0.3 is 0 Å². The molecule has 0 fully saturated rings. The van der Waals surface area contributed by atoms with Crippen LogP contribution in [0.3, 0.4) is 0 Å². The van der Waals surface area contributed by atoms with Gasteiger partial charge in [-0.1, -0.05) is 6.07 Å². The van der Waals surface area contributed by atoms with Gasteiger partial charge in [0.15, 0.2) is 0 Å². The Bertz CT molecular complexity index is 362. The van der Waals surface area contributed by atoms with Gasteiger partial charge in [-0.25, -0.2) is 4.39 Å². The van der Waals surface area contributed by atoms with Gasteiger partial charge in [-0.2, -0.15) is 0 Å². The smallest absolute Gasteiger partial charge is 0.127 e. The molecule has 1 heterocycles. The van der Waals surface area contributed by atoms with E-state index in [2.05, 4.69) is 0 Å². The fraction of sp³-hybridized carbons (Fsp3) is 0.455. The highest BCUT2D eigenvalue weighted by molar-refractivity contribution is 5.38. The maximum Gasteiger partial charge on any atom is 0.127 e. The lowest BCUT2D eigenvalue weighted by Gasteiger charge is -2.36. The van der Waals surface area contributed by atoms with Crippen molar-refractivity contribution in [3.8, 4) is 5.75 Å². The molecule has 0 amide bonds. The number of benzene rings is 1. The first-order valence-electron chi connectivity index (χ1n) is 4.72. The van der Waals surface area contributed by atoms with Gasteiger partial charge in [0.05, 0.1) is 0 Å². The van der Waals surface area contributed by atoms with E-state index in [1.807, 2.05) is 13.8 Å². The van der Waals surface area contributed by atoms with Crippen molar-refractivity contribution in [3.63, 3.8) is 0 Å². The van der Waals surface area contributed by atoms with E-state index in [0.29, 0.717) is 5.75 Å². The van der Waals surface area contributed by atoms with Crippen LogP contribution >= 0.6 is 0 Å². The first kappa shape index (κ1) is 9.46. The number of nitrogens with two attached hydrogens (primary N) is 1. The van der Waals surface area contributed by atoms with Gasteiger partial charge in [0.1, 0.15) is 17.2 Å². The summed E-state index contributed by atoms with van der Waals surface area (Å²) >= 11 is 0. The predicted molar refractivity (Wildman–Crippen MR) is 52.7 cm³/mol. The highest BCUT2D eigenvalue weighted by Crippen LogP contribution is 2.38. The Hall–Kier alpha value is -1.09. The molecule has 1 aromatic rings. The normalized spacial score (nSPS) is 23.9. The average molecular weight is 195 g/mol. The number of hydrogen-bond acceptors (Lipinski definition) is 2. The summed E-state index contributed by atoms with van der Waals surface area (Å²) in [5, 5.41) is 0. The van der Waals surface area contributed by atoms with Crippen molar-refractivity contribution >= 4 is 0 Å². The molecular weight excluding hydrogens is 181 g/mol. The van der Waals surface area contributed by atoms with Crippen molar-refractivity contribution < 1.29 is 9.13 Å². The average Bonchev–Trinajstić information content (AvgIpc) is 2.00. The van der Waals surface area contributed by atoms with Gasteiger partial charge in [-0.3, -0.25) is 0 Å². The van der Waals surface area contributed by atoms with Gasteiger partial charge in [0.25, 0.3) is 0 Å². The Labute approximate surface area is 82.9 Å². The van der Waals surface area contributed by atoms with Crippen LogP contribution in [-0.4, -0.2) is 5.60 Å². The molecule has 14 heavy (non-hydrogen) atoms. The summed E-state index contributed by atoms with van der Waals surface area (Å²) in [7, 11) is 0. The topological polar surface area (TPSA) is 35.2 Å². The largest absolute Gasteiger partial charge is 0.487 e. The van der Waals surface area contributed by atoms with E-state index in [1.54, 1.807) is 6.07 Å². The van der Waals surface area contributed by atoms with E-state index in [4.69, 9.17) is 10.5 Å². The third-order valence-corrected chi connectivity index (χ3v) is 2.47. The lowest BCUT2D eigenvalue weighted by Crippen LogP contribution is -2.37. The SMILES string of the molecule is CC1(C)C[C@H](N)c2ccc(F)cc2O1. The molecule has 0 saturated heterocycles. The van der Waals surface area contributed by atoms with Crippen LogP contribution in [0.5, 0.6) is 5.75 Å². The molecule has 1 aliphatic heterocycles. The van der Waals surface area contributed by atoms with Crippen LogP contribution in [0, 0.1) is 5.82 Å². The molecule has 76 valence electrons. The maximum absolute atomic E-state index is 13.0. The summed E-state index contributed by atoms with van der Waals surface area (Å²) in [6.45, 7) is 3.92. The maximum atomic E-state index is 13.0. The molecule has 2 nitrogen and oxygen atoms in total. The van der Waals surface area contributed by atoms with Crippen LogP contribution in [0.4, 0.5) is 4.39 Å². The zero-order chi connectivity index (χ0) is 10.3. The fourth-order valence-corrected chi connectivity index (χ4v) is 1.88. The zero-order valence-electron chi connectivity index (χ0n) is 8.38. The minimum Gasteiger partial charge on any atom is -0.487 e. The summed E-state index contributed by atoms with van der Waals surface area (Å²) in [6, 6.07) is 4.45. The van der Waals surface area contributed by atoms with E-state index in [-0.39, 0.29) is 17.5 Å². The van der Waals surface area contributed by atoms with Gasteiger partial charge in [-0.05, 0) is 19.9 Å². The molecule has 0 bridgehead atoms. The Balaban J connectivity index is 2.46. The van der Waals surface area contributed by atoms with Gasteiger partial charge < -0.3 is 10.5 Å². The van der Waals surface area contributed by atoms with Crippen molar-refractivity contribution in [2.45, 2.75) is 31.9 Å². The van der Waals surface area contributed by atoms with Crippen LogP contribution in [-0.2, 0) is 0 Å². The van der Waals surface area contributed by atoms with Crippen molar-refractivity contribution in [1.82, 2.24) is 0 Å². The Morgan fingerprint density at radius 2 is 2.21 bits per heavy atom. The summed E-state index contributed by atoms with van der Waals surface area (Å²) in [4.78, 5) is 0. The second-order valence-electron chi connectivity index (χ2n) is 4.35. The first-order chi connectivity index (χ1) is 6.48. The van der Waals surface area contributed by atoms with E-state index in [9.17, 15) is 4.39 Å². The monoisotopic (exact) mass is 195 g/mol. The molecule has 1 atom stereocenters. The molecule has 1 aliphatic rings. The molecule has 2 rings (SSSR count). The number of ether oxygens (including phenoxy) is 1. The van der Waals surface area contributed by atoms with E-state index >= 15 is 0 Å². The standard InChI is InChI=1S/C11H14FNO/c1-11(2)6-9(13)8-4-3-7(12)5-10(8)14-11/h3-5,9H,6,13H2,1-2H3/t9-/m0/s1. The van der Waals surface area contributed by atoms with Crippen molar-refractivity contribution in [2.75, 3.05) is 0 Å². The Morgan fingerprint density at radius 1 is 1.50 bits per heavy atom. The Morgan fingerprint density at radius 3 is 2.93 bits per heavy atom. The number of hydrogen-bond donors (Lipinski definition) is 1. The molecule has 0 spiro atoms. The number of halogens is 1. The molecule has 0 aliphatic carbocycles. The molecule has 0 radical (unpaired) electrons. The van der Waals surface area contributed by atoms with Crippen LogP contribution in [0.2, 0.25) is 0 Å². The molecule has 3 heteroatoms. The molecular formula is C11H14FNO. The predicted octanol–water partition coefficient (Wildman–Crippen LogP) is 2.39. The highest BCUT2D eigenvalue weighted by Gasteiger charge is 2.31. The second-order valence-corrected chi connectivity index (χ2v) is 4.35. The molecule has 0 aromatic heterocycles. The van der Waals surface area contributed by atoms with Crippen molar-refractivity contribution in [2.24, 2.45) is 5.73 Å². The third-order valence-electron chi connectivity index (χ3n) is 2.47. The van der Waals surface area contributed by atoms with Crippen LogP contribution < -0.4 is 10.5 Å². The highest BCUT2D eigenvalue weighted by atomic mass is 19.1. The fourth-order valence-electron chi connectivity index (χ4n) is 1.88. The lowest BCUT2D eigenvalue weighted by molar-refractivity contribution is 0.0724. The minimum atomic E-state index is -0.305. The summed E-state index contributed by atoms with van der Waals surface area (Å²) in [5.74, 6) is 0.294. The van der Waals surface area contributed by atoms with Crippen LogP contribution in [0.1, 0.15) is 31.9 Å². The Kier molecular flexibility index (Phi) is 2.00. The lowest BCUT2D eigenvalue weighted by atomic mass is 9.90. The molecule has 0 unspecified atom stereocenters. The van der Waals surface area contributed by atoms with Crippen molar-refractivity contribution in [3.05, 3.63) is 29.6 Å². The van der Waals surface area contributed by atoms with Crippen molar-refractivity contribution in [1.29, 1.82) is 0 Å². The van der Waals surface area contributed by atoms with Gasteiger partial charge in [-0.15, -0.1) is 0 Å². The molecule has 1 aromatic carbocycles. The summed E-state index contributed by atoms with van der Waals surface area (Å²) < 4.78 is 18.6. The zero-order valence-corrected chi connectivity index (χ0v) is 8.38. The molecule has 2 N–H and O–H groups in total. The van der Waals surface area contributed by atoms with Crippen LogP contribution in [0.25, 0.3) is 0 Å². The van der Waals surface area contributed by atoms with E-state index in [1.165, 1.54) is 12.1 Å². The second kappa shape index (κ2) is 2.95. The molecule has 0 saturated carbocycles. The van der Waals surface area contributed by atoms with Gasteiger partial charge in [0, 0.05) is 24.1 Å². The van der Waals surface area contributed by atoms with Crippen LogP contribution in [0.15, 0.2) is 18.2 Å². The number of fused-ring (bicyclic) bond motifs is 1. The van der Waals surface area contributed by atoms with E-state index < -0.39 is 0 Å². The summed E-state index contributed by atoms with van der Waals surface area (Å²) in [6.07, 6.45) is 0.756. The minimum absolute atomic E-state index is 0.0608.